The molecule has 0 radical (unpaired) electrons. The third-order valence-electron chi connectivity index (χ3n) is 5.36. The lowest BCUT2D eigenvalue weighted by atomic mass is 9.72. The van der Waals surface area contributed by atoms with E-state index >= 15 is 0 Å². The minimum Gasteiger partial charge on any atom is -0.323 e. The zero-order valence-electron chi connectivity index (χ0n) is 14.5. The quantitative estimate of drug-likeness (QED) is 0.671. The van der Waals surface area contributed by atoms with Gasteiger partial charge < -0.3 is 10.6 Å². The molecule has 8 heteroatoms. The molecular formula is C20H14Cl2N4O2. The second kappa shape index (κ2) is 6.09. The molecule has 2 N–H and O–H groups in total. The van der Waals surface area contributed by atoms with Crippen molar-refractivity contribution in [3.8, 4) is 0 Å². The van der Waals surface area contributed by atoms with E-state index in [-0.39, 0.29) is 18.2 Å². The van der Waals surface area contributed by atoms with E-state index in [1.807, 2.05) is 24.3 Å². The van der Waals surface area contributed by atoms with Crippen molar-refractivity contribution in [2.75, 3.05) is 10.6 Å². The smallest absolute Gasteiger partial charge is 0.240 e. The zero-order valence-corrected chi connectivity index (χ0v) is 16.0. The third kappa shape index (κ3) is 2.31. The predicted octanol–water partition coefficient (Wildman–Crippen LogP) is 3.82. The summed E-state index contributed by atoms with van der Waals surface area (Å²) in [6, 6.07) is 12.8. The van der Waals surface area contributed by atoms with Gasteiger partial charge in [0, 0.05) is 17.0 Å². The second-order valence-electron chi connectivity index (χ2n) is 6.90. The second-order valence-corrected chi connectivity index (χ2v) is 7.72. The van der Waals surface area contributed by atoms with Crippen LogP contribution in [0.3, 0.4) is 0 Å². The first-order chi connectivity index (χ1) is 13.5. The predicted molar refractivity (Wildman–Crippen MR) is 107 cm³/mol. The normalized spacial score (nSPS) is 19.9. The standard InChI is InChI=1S/C20H14Cl2N4O2/c21-14-6-2-1-4-11(14)10-26-18-13(9-23-26)20(8-16(27)24-18)12-5-3-7-15(22)17(12)25-19(20)28/h1-7,9H,8,10H2,(H,24,27)(H,25,28)/t20-/m0/s1. The van der Waals surface area contributed by atoms with E-state index in [1.54, 1.807) is 29.1 Å². The fourth-order valence-electron chi connectivity index (χ4n) is 4.04. The summed E-state index contributed by atoms with van der Waals surface area (Å²) in [6.45, 7) is 0.370. The largest absolute Gasteiger partial charge is 0.323 e. The summed E-state index contributed by atoms with van der Waals surface area (Å²) in [7, 11) is 0. The van der Waals surface area contributed by atoms with Crippen LogP contribution in [0.4, 0.5) is 11.5 Å². The summed E-state index contributed by atoms with van der Waals surface area (Å²) in [6.07, 6.45) is 1.64. The van der Waals surface area contributed by atoms with Crippen LogP contribution in [0.2, 0.25) is 10.0 Å². The molecule has 1 atom stereocenters. The minimum absolute atomic E-state index is 0.00301. The van der Waals surface area contributed by atoms with Crippen LogP contribution in [0, 0.1) is 0 Å². The maximum absolute atomic E-state index is 13.1. The first-order valence-corrected chi connectivity index (χ1v) is 9.46. The van der Waals surface area contributed by atoms with Gasteiger partial charge in [-0.1, -0.05) is 53.5 Å². The lowest BCUT2D eigenvalue weighted by Crippen LogP contribution is -2.43. The van der Waals surface area contributed by atoms with Crippen LogP contribution in [0.1, 0.15) is 23.1 Å². The minimum atomic E-state index is -1.14. The van der Waals surface area contributed by atoms with Crippen LogP contribution in [0.25, 0.3) is 0 Å². The van der Waals surface area contributed by atoms with Gasteiger partial charge in [-0.25, -0.2) is 4.68 Å². The number of para-hydroxylation sites is 1. The molecule has 0 fully saturated rings. The monoisotopic (exact) mass is 412 g/mol. The average molecular weight is 413 g/mol. The Morgan fingerprint density at radius 3 is 2.61 bits per heavy atom. The van der Waals surface area contributed by atoms with Gasteiger partial charge in [0.25, 0.3) is 0 Å². The van der Waals surface area contributed by atoms with Crippen LogP contribution in [-0.2, 0) is 21.5 Å². The molecule has 2 aromatic carbocycles. The van der Waals surface area contributed by atoms with E-state index in [1.165, 1.54) is 0 Å². The van der Waals surface area contributed by atoms with Crippen LogP contribution in [0.15, 0.2) is 48.7 Å². The van der Waals surface area contributed by atoms with Gasteiger partial charge in [0.05, 0.1) is 23.5 Å². The molecule has 0 saturated carbocycles. The lowest BCUT2D eigenvalue weighted by molar-refractivity contribution is -0.125. The number of amides is 2. The first-order valence-electron chi connectivity index (χ1n) is 8.70. The number of hydrogen-bond acceptors (Lipinski definition) is 3. The van der Waals surface area contributed by atoms with Gasteiger partial charge in [-0.15, -0.1) is 0 Å². The van der Waals surface area contributed by atoms with E-state index in [2.05, 4.69) is 15.7 Å². The van der Waals surface area contributed by atoms with Crippen LogP contribution in [-0.4, -0.2) is 21.6 Å². The Morgan fingerprint density at radius 1 is 1.00 bits per heavy atom. The van der Waals surface area contributed by atoms with Crippen molar-refractivity contribution >= 4 is 46.5 Å². The Balaban J connectivity index is 1.68. The Labute approximate surface area is 170 Å². The van der Waals surface area contributed by atoms with Gasteiger partial charge in [-0.3, -0.25) is 9.59 Å². The fraction of sp³-hybridized carbons (Fsp3) is 0.150. The van der Waals surface area contributed by atoms with E-state index < -0.39 is 5.41 Å². The molecule has 3 aromatic rings. The van der Waals surface area contributed by atoms with Gasteiger partial charge in [0.1, 0.15) is 11.2 Å². The number of halogens is 2. The molecule has 2 amide bonds. The number of carbonyl (C=O) groups excluding carboxylic acids is 2. The van der Waals surface area contributed by atoms with Gasteiger partial charge >= 0.3 is 0 Å². The van der Waals surface area contributed by atoms with E-state index in [4.69, 9.17) is 23.2 Å². The Morgan fingerprint density at radius 2 is 1.79 bits per heavy atom. The molecule has 6 nitrogen and oxygen atoms in total. The molecule has 140 valence electrons. The highest BCUT2D eigenvalue weighted by Gasteiger charge is 2.54. The summed E-state index contributed by atoms with van der Waals surface area (Å²) >= 11 is 12.6. The maximum Gasteiger partial charge on any atom is 0.240 e. The van der Waals surface area contributed by atoms with Gasteiger partial charge in [-0.05, 0) is 23.3 Å². The van der Waals surface area contributed by atoms with Crippen molar-refractivity contribution in [1.29, 1.82) is 0 Å². The van der Waals surface area contributed by atoms with E-state index in [0.717, 1.165) is 5.56 Å². The molecule has 1 spiro atoms. The third-order valence-corrected chi connectivity index (χ3v) is 6.04. The van der Waals surface area contributed by atoms with Crippen molar-refractivity contribution in [3.05, 3.63) is 75.4 Å². The van der Waals surface area contributed by atoms with Crippen LogP contribution < -0.4 is 10.6 Å². The van der Waals surface area contributed by atoms with Crippen molar-refractivity contribution < 1.29 is 9.59 Å². The Bertz CT molecular complexity index is 1160. The topological polar surface area (TPSA) is 76.0 Å². The van der Waals surface area contributed by atoms with E-state index in [9.17, 15) is 9.59 Å². The molecule has 2 aliphatic rings. The Hall–Kier alpha value is -2.83. The van der Waals surface area contributed by atoms with Crippen molar-refractivity contribution in [2.45, 2.75) is 18.4 Å². The van der Waals surface area contributed by atoms with Gasteiger partial charge in [0.15, 0.2) is 0 Å². The molecule has 0 bridgehead atoms. The molecule has 28 heavy (non-hydrogen) atoms. The molecule has 1 aromatic heterocycles. The summed E-state index contributed by atoms with van der Waals surface area (Å²) in [5, 5.41) is 11.2. The SMILES string of the molecule is O=C1C[C@@]2(C(=O)Nc3c(Cl)cccc32)c2cnn(Cc3ccccc3Cl)c2N1. The highest BCUT2D eigenvalue weighted by atomic mass is 35.5. The number of fused-ring (bicyclic) bond motifs is 4. The number of nitrogens with one attached hydrogen (secondary N) is 2. The molecule has 0 aliphatic carbocycles. The number of carbonyl (C=O) groups is 2. The summed E-state index contributed by atoms with van der Waals surface area (Å²) in [4.78, 5) is 25.7. The summed E-state index contributed by atoms with van der Waals surface area (Å²) < 4.78 is 1.66. The molecular weight excluding hydrogens is 399 g/mol. The van der Waals surface area contributed by atoms with Gasteiger partial charge in [0.2, 0.25) is 11.8 Å². The molecule has 0 saturated heterocycles. The number of hydrogen-bond donors (Lipinski definition) is 2. The van der Waals surface area contributed by atoms with E-state index in [0.29, 0.717) is 39.2 Å². The number of aromatic nitrogens is 2. The van der Waals surface area contributed by atoms with Gasteiger partial charge in [-0.2, -0.15) is 5.10 Å². The van der Waals surface area contributed by atoms with Crippen LogP contribution >= 0.6 is 23.2 Å². The van der Waals surface area contributed by atoms with Crippen molar-refractivity contribution in [2.24, 2.45) is 0 Å². The molecule has 0 unspecified atom stereocenters. The summed E-state index contributed by atoms with van der Waals surface area (Å²) in [5.74, 6) is -0.0282. The summed E-state index contributed by atoms with van der Waals surface area (Å²) in [5.41, 5.74) is 1.62. The maximum atomic E-state index is 13.1. The first kappa shape index (κ1) is 17.3. The number of benzene rings is 2. The van der Waals surface area contributed by atoms with Crippen molar-refractivity contribution in [1.82, 2.24) is 9.78 Å². The highest BCUT2D eigenvalue weighted by molar-refractivity contribution is 6.35. The highest BCUT2D eigenvalue weighted by Crippen LogP contribution is 2.51. The molecule has 5 rings (SSSR count). The molecule has 3 heterocycles. The zero-order chi connectivity index (χ0) is 19.5. The lowest BCUT2D eigenvalue weighted by Gasteiger charge is -2.31. The molecule has 2 aliphatic heterocycles. The number of rotatable bonds is 2. The fourth-order valence-corrected chi connectivity index (χ4v) is 4.46. The van der Waals surface area contributed by atoms with Crippen molar-refractivity contribution in [3.63, 3.8) is 0 Å². The number of anilines is 2. The average Bonchev–Trinajstić information content (AvgIpc) is 3.19. The Kier molecular flexibility index (Phi) is 3.76. The van der Waals surface area contributed by atoms with Crippen LogP contribution in [0.5, 0.6) is 0 Å². The number of nitrogens with zero attached hydrogens (tertiary/aromatic N) is 2.